The van der Waals surface area contributed by atoms with Crippen molar-refractivity contribution in [3.8, 4) is 0 Å². The van der Waals surface area contributed by atoms with Crippen LogP contribution in [0.15, 0.2) is 4.99 Å². The summed E-state index contributed by atoms with van der Waals surface area (Å²) in [7, 11) is 4.07. The minimum Gasteiger partial charge on any atom is -0.356 e. The van der Waals surface area contributed by atoms with E-state index in [1.54, 1.807) is 0 Å². The van der Waals surface area contributed by atoms with Gasteiger partial charge in [-0.25, -0.2) is 0 Å². The average molecular weight is 344 g/mol. The third-order valence-corrected chi connectivity index (χ3v) is 5.24. The average Bonchev–Trinajstić information content (AvgIpc) is 2.54. The van der Waals surface area contributed by atoms with Gasteiger partial charge in [0.15, 0.2) is 5.96 Å². The number of rotatable bonds is 9. The van der Waals surface area contributed by atoms with Crippen molar-refractivity contribution >= 4 is 17.7 Å². The first-order chi connectivity index (χ1) is 11.1. The van der Waals surface area contributed by atoms with Gasteiger partial charge >= 0.3 is 0 Å². The lowest BCUT2D eigenvalue weighted by molar-refractivity contribution is 0.0900. The van der Waals surface area contributed by atoms with E-state index in [0.29, 0.717) is 12.0 Å². The number of guanidine groups is 1. The van der Waals surface area contributed by atoms with Crippen LogP contribution in [0.5, 0.6) is 0 Å². The van der Waals surface area contributed by atoms with Crippen LogP contribution in [0.3, 0.4) is 0 Å². The zero-order chi connectivity index (χ0) is 17.1. The second-order valence-electron chi connectivity index (χ2n) is 6.73. The van der Waals surface area contributed by atoms with E-state index < -0.39 is 0 Å². The first-order valence-electron chi connectivity index (χ1n) is 8.94. The van der Waals surface area contributed by atoms with E-state index in [0.717, 1.165) is 19.0 Å². The van der Waals surface area contributed by atoms with Crippen LogP contribution in [0.25, 0.3) is 0 Å². The van der Waals surface area contributed by atoms with Crippen LogP contribution in [-0.4, -0.2) is 87.2 Å². The molecule has 2 N–H and O–H groups in total. The Bertz CT molecular complexity index is 327. The fourth-order valence-corrected chi connectivity index (χ4v) is 3.43. The van der Waals surface area contributed by atoms with E-state index in [1.807, 2.05) is 18.8 Å². The molecule has 0 saturated carbocycles. The lowest BCUT2D eigenvalue weighted by atomic mass is 10.0. The fraction of sp³-hybridized carbons (Fsp3) is 0.941. The highest BCUT2D eigenvalue weighted by Gasteiger charge is 2.24. The first-order valence-corrected chi connectivity index (χ1v) is 10.3. The molecule has 1 saturated heterocycles. The molecule has 1 aliphatic rings. The molecule has 1 atom stereocenters. The molecular formula is C17H37N5S. The van der Waals surface area contributed by atoms with E-state index in [-0.39, 0.29) is 0 Å². The molecule has 23 heavy (non-hydrogen) atoms. The molecule has 6 heteroatoms. The zero-order valence-electron chi connectivity index (χ0n) is 15.8. The fourth-order valence-electron chi connectivity index (χ4n) is 2.94. The molecule has 1 fully saturated rings. The minimum atomic E-state index is 0.568. The molecule has 1 rings (SSSR count). The highest BCUT2D eigenvalue weighted by molar-refractivity contribution is 7.98. The number of unbranched alkanes of at least 4 members (excludes halogenated alkanes) is 1. The minimum absolute atomic E-state index is 0.568. The van der Waals surface area contributed by atoms with Gasteiger partial charge in [-0.15, -0.1) is 0 Å². The predicted octanol–water partition coefficient (Wildman–Crippen LogP) is 1.57. The Morgan fingerprint density at radius 3 is 2.39 bits per heavy atom. The van der Waals surface area contributed by atoms with Crippen molar-refractivity contribution in [1.82, 2.24) is 20.4 Å². The quantitative estimate of drug-likeness (QED) is 0.378. The van der Waals surface area contributed by atoms with Gasteiger partial charge < -0.3 is 15.5 Å². The monoisotopic (exact) mass is 343 g/mol. The molecular weight excluding hydrogens is 306 g/mol. The summed E-state index contributed by atoms with van der Waals surface area (Å²) in [6, 6.07) is 0.568. The maximum Gasteiger partial charge on any atom is 0.191 e. The Labute approximate surface area is 147 Å². The second-order valence-corrected chi connectivity index (χ2v) is 7.72. The van der Waals surface area contributed by atoms with Crippen LogP contribution in [0, 0.1) is 5.92 Å². The van der Waals surface area contributed by atoms with E-state index in [2.05, 4.69) is 52.6 Å². The smallest absolute Gasteiger partial charge is 0.191 e. The van der Waals surface area contributed by atoms with Crippen molar-refractivity contribution in [2.24, 2.45) is 10.9 Å². The number of hydrogen-bond acceptors (Lipinski definition) is 4. The molecule has 5 nitrogen and oxygen atoms in total. The van der Waals surface area contributed by atoms with Crippen LogP contribution < -0.4 is 10.6 Å². The lowest BCUT2D eigenvalue weighted by Gasteiger charge is -2.40. The molecule has 0 aromatic rings. The standard InChI is InChI=1S/C17H37N5S/c1-15(2)16(22-11-9-21(4)10-12-22)14-20-17(18-3)19-8-6-7-13-23-5/h15-16H,6-14H2,1-5H3,(H2,18,19,20). The molecule has 0 amide bonds. The van der Waals surface area contributed by atoms with Crippen molar-refractivity contribution < 1.29 is 0 Å². The second kappa shape index (κ2) is 12.0. The van der Waals surface area contributed by atoms with Gasteiger partial charge in [-0.05, 0) is 37.8 Å². The van der Waals surface area contributed by atoms with Gasteiger partial charge in [0.2, 0.25) is 0 Å². The molecule has 0 aliphatic carbocycles. The summed E-state index contributed by atoms with van der Waals surface area (Å²) in [5, 5.41) is 6.96. The normalized spacial score (nSPS) is 19.1. The number of likely N-dealkylation sites (N-methyl/N-ethyl adjacent to an activating group) is 1. The maximum atomic E-state index is 4.36. The van der Waals surface area contributed by atoms with Crippen molar-refractivity contribution in [2.45, 2.75) is 32.7 Å². The Morgan fingerprint density at radius 1 is 1.13 bits per heavy atom. The van der Waals surface area contributed by atoms with Gasteiger partial charge in [-0.1, -0.05) is 13.8 Å². The summed E-state index contributed by atoms with van der Waals surface area (Å²) >= 11 is 1.92. The van der Waals surface area contributed by atoms with Crippen molar-refractivity contribution in [3.63, 3.8) is 0 Å². The Hall–Kier alpha value is -0.460. The maximum absolute atomic E-state index is 4.36. The summed E-state index contributed by atoms with van der Waals surface area (Å²) in [6.07, 6.45) is 4.63. The number of nitrogens with zero attached hydrogens (tertiary/aromatic N) is 3. The van der Waals surface area contributed by atoms with Crippen LogP contribution in [-0.2, 0) is 0 Å². The summed E-state index contributed by atoms with van der Waals surface area (Å²) < 4.78 is 0. The number of aliphatic imine (C=N–C) groups is 1. The van der Waals surface area contributed by atoms with Crippen LogP contribution >= 0.6 is 11.8 Å². The predicted molar refractivity (Wildman–Crippen MR) is 105 cm³/mol. The SMILES string of the molecule is CN=C(NCCCCSC)NCC(C(C)C)N1CCN(C)CC1. The number of thioether (sulfide) groups is 1. The number of hydrogen-bond donors (Lipinski definition) is 2. The zero-order valence-corrected chi connectivity index (χ0v) is 16.6. The van der Waals surface area contributed by atoms with E-state index in [1.165, 1.54) is 44.8 Å². The molecule has 1 unspecified atom stereocenters. The largest absolute Gasteiger partial charge is 0.356 e. The number of piperazine rings is 1. The van der Waals surface area contributed by atoms with Gasteiger partial charge in [-0.3, -0.25) is 9.89 Å². The first kappa shape index (κ1) is 20.6. The lowest BCUT2D eigenvalue weighted by Crippen LogP contribution is -2.55. The molecule has 0 aromatic heterocycles. The van der Waals surface area contributed by atoms with Crippen molar-refractivity contribution in [2.75, 3.05) is 65.4 Å². The van der Waals surface area contributed by atoms with Crippen molar-refractivity contribution in [1.29, 1.82) is 0 Å². The van der Waals surface area contributed by atoms with Gasteiger partial charge in [0, 0.05) is 52.4 Å². The molecule has 1 aliphatic heterocycles. The topological polar surface area (TPSA) is 42.9 Å². The molecule has 0 bridgehead atoms. The molecule has 0 radical (unpaired) electrons. The Kier molecular flexibility index (Phi) is 10.7. The highest BCUT2D eigenvalue weighted by atomic mass is 32.2. The Balaban J connectivity index is 2.35. The third kappa shape index (κ3) is 8.27. The summed E-state index contributed by atoms with van der Waals surface area (Å²) in [5.41, 5.74) is 0. The molecule has 136 valence electrons. The highest BCUT2D eigenvalue weighted by Crippen LogP contribution is 2.12. The molecule has 1 heterocycles. The molecule has 0 aromatic carbocycles. The summed E-state index contributed by atoms with van der Waals surface area (Å²) in [5.74, 6) is 2.83. The third-order valence-electron chi connectivity index (χ3n) is 4.55. The van der Waals surface area contributed by atoms with E-state index in [4.69, 9.17) is 0 Å². The van der Waals surface area contributed by atoms with Gasteiger partial charge in [0.1, 0.15) is 0 Å². The van der Waals surface area contributed by atoms with Gasteiger partial charge in [0.25, 0.3) is 0 Å². The van der Waals surface area contributed by atoms with Gasteiger partial charge in [0.05, 0.1) is 0 Å². The summed E-state index contributed by atoms with van der Waals surface area (Å²) in [6.45, 7) is 11.3. The van der Waals surface area contributed by atoms with E-state index >= 15 is 0 Å². The van der Waals surface area contributed by atoms with Crippen LogP contribution in [0.4, 0.5) is 0 Å². The van der Waals surface area contributed by atoms with Crippen LogP contribution in [0.1, 0.15) is 26.7 Å². The Morgan fingerprint density at radius 2 is 1.83 bits per heavy atom. The summed E-state index contributed by atoms with van der Waals surface area (Å²) in [4.78, 5) is 9.40. The van der Waals surface area contributed by atoms with Gasteiger partial charge in [-0.2, -0.15) is 11.8 Å². The number of nitrogens with one attached hydrogen (secondary N) is 2. The van der Waals surface area contributed by atoms with Crippen molar-refractivity contribution in [3.05, 3.63) is 0 Å². The van der Waals surface area contributed by atoms with Crippen LogP contribution in [0.2, 0.25) is 0 Å². The molecule has 0 spiro atoms. The van der Waals surface area contributed by atoms with E-state index in [9.17, 15) is 0 Å².